The minimum Gasteiger partial charge on any atom is -0.496 e. The number of ether oxygens (including phenoxy) is 3. The monoisotopic (exact) mass is 233 g/mol. The van der Waals surface area contributed by atoms with E-state index in [1.807, 2.05) is 6.07 Å². The van der Waals surface area contributed by atoms with Gasteiger partial charge in [-0.25, -0.2) is 4.98 Å². The van der Waals surface area contributed by atoms with Gasteiger partial charge in [-0.1, -0.05) is 0 Å². The summed E-state index contributed by atoms with van der Waals surface area (Å²) in [5.41, 5.74) is 7.17. The molecule has 3 rings (SSSR count). The largest absolute Gasteiger partial charge is 0.496 e. The third-order valence-electron chi connectivity index (χ3n) is 2.58. The quantitative estimate of drug-likeness (QED) is 0.819. The van der Waals surface area contributed by atoms with Crippen LogP contribution in [-0.2, 0) is 0 Å². The molecule has 0 fully saturated rings. The number of hydrogen-bond donors (Lipinski definition) is 2. The number of rotatable bonds is 2. The Balaban J connectivity index is 2.15. The van der Waals surface area contributed by atoms with Crippen LogP contribution in [0.5, 0.6) is 17.2 Å². The molecule has 0 unspecified atom stereocenters. The summed E-state index contributed by atoms with van der Waals surface area (Å²) in [6.07, 6.45) is 1.65. The molecule has 6 nitrogen and oxygen atoms in total. The third kappa shape index (κ3) is 1.54. The van der Waals surface area contributed by atoms with E-state index in [0.717, 1.165) is 11.3 Å². The van der Waals surface area contributed by atoms with Crippen molar-refractivity contribution in [2.75, 3.05) is 19.6 Å². The molecule has 6 heteroatoms. The maximum atomic E-state index is 5.56. The summed E-state index contributed by atoms with van der Waals surface area (Å²) in [6.45, 7) is 0.229. The maximum Gasteiger partial charge on any atom is 0.231 e. The Morgan fingerprint density at radius 2 is 2.12 bits per heavy atom. The van der Waals surface area contributed by atoms with Gasteiger partial charge in [-0.2, -0.15) is 0 Å². The van der Waals surface area contributed by atoms with Gasteiger partial charge in [0.1, 0.15) is 5.75 Å². The second-order valence-electron chi connectivity index (χ2n) is 3.59. The SMILES string of the molecule is COc1cc2c(cc1-c1cnc(N)[nH]1)OCO2. The van der Waals surface area contributed by atoms with E-state index in [1.54, 1.807) is 19.4 Å². The number of anilines is 1. The number of hydrogen-bond acceptors (Lipinski definition) is 5. The first-order valence-electron chi connectivity index (χ1n) is 5.06. The van der Waals surface area contributed by atoms with Crippen molar-refractivity contribution >= 4 is 5.95 Å². The highest BCUT2D eigenvalue weighted by atomic mass is 16.7. The lowest BCUT2D eigenvalue weighted by Crippen LogP contribution is -1.92. The minimum absolute atomic E-state index is 0.229. The first-order valence-corrected chi connectivity index (χ1v) is 5.06. The lowest BCUT2D eigenvalue weighted by atomic mass is 10.1. The Morgan fingerprint density at radius 1 is 1.35 bits per heavy atom. The molecule has 0 saturated carbocycles. The van der Waals surface area contributed by atoms with E-state index >= 15 is 0 Å². The smallest absolute Gasteiger partial charge is 0.231 e. The minimum atomic E-state index is 0.229. The van der Waals surface area contributed by atoms with E-state index < -0.39 is 0 Å². The molecule has 0 saturated heterocycles. The van der Waals surface area contributed by atoms with Crippen LogP contribution in [0, 0.1) is 0 Å². The zero-order valence-corrected chi connectivity index (χ0v) is 9.19. The number of fused-ring (bicyclic) bond motifs is 1. The molecule has 17 heavy (non-hydrogen) atoms. The molecule has 0 spiro atoms. The van der Waals surface area contributed by atoms with Gasteiger partial charge in [-0.15, -0.1) is 0 Å². The number of H-pyrrole nitrogens is 1. The molecule has 1 aromatic carbocycles. The van der Waals surface area contributed by atoms with Crippen molar-refractivity contribution in [1.29, 1.82) is 0 Å². The zero-order chi connectivity index (χ0) is 11.8. The second kappa shape index (κ2) is 3.58. The summed E-state index contributed by atoms with van der Waals surface area (Å²) in [5, 5.41) is 0. The topological polar surface area (TPSA) is 82.4 Å². The van der Waals surface area contributed by atoms with Crippen molar-refractivity contribution in [2.45, 2.75) is 0 Å². The summed E-state index contributed by atoms with van der Waals surface area (Å²) in [6, 6.07) is 3.63. The molecule has 0 radical (unpaired) electrons. The highest BCUT2D eigenvalue weighted by molar-refractivity contribution is 5.72. The van der Waals surface area contributed by atoms with Crippen LogP contribution in [0.3, 0.4) is 0 Å². The van der Waals surface area contributed by atoms with Crippen LogP contribution in [0.1, 0.15) is 0 Å². The Bertz CT molecular complexity index is 565. The number of benzene rings is 1. The van der Waals surface area contributed by atoms with Gasteiger partial charge in [-0.05, 0) is 6.07 Å². The van der Waals surface area contributed by atoms with Crippen LogP contribution in [0.15, 0.2) is 18.3 Å². The molecule has 0 atom stereocenters. The zero-order valence-electron chi connectivity index (χ0n) is 9.19. The van der Waals surface area contributed by atoms with Crippen LogP contribution in [0.4, 0.5) is 5.95 Å². The van der Waals surface area contributed by atoms with Crippen molar-refractivity contribution in [3.63, 3.8) is 0 Å². The van der Waals surface area contributed by atoms with Crippen LogP contribution in [0.2, 0.25) is 0 Å². The fourth-order valence-corrected chi connectivity index (χ4v) is 1.78. The van der Waals surface area contributed by atoms with Crippen molar-refractivity contribution in [2.24, 2.45) is 0 Å². The number of aromatic nitrogens is 2. The van der Waals surface area contributed by atoms with Crippen LogP contribution in [0.25, 0.3) is 11.3 Å². The van der Waals surface area contributed by atoms with E-state index in [-0.39, 0.29) is 6.79 Å². The van der Waals surface area contributed by atoms with E-state index in [2.05, 4.69) is 9.97 Å². The normalized spacial score (nSPS) is 12.8. The molecule has 0 bridgehead atoms. The van der Waals surface area contributed by atoms with Crippen LogP contribution < -0.4 is 19.9 Å². The average molecular weight is 233 g/mol. The van der Waals surface area contributed by atoms with Crippen LogP contribution in [-0.4, -0.2) is 23.9 Å². The summed E-state index contributed by atoms with van der Waals surface area (Å²) >= 11 is 0. The van der Waals surface area contributed by atoms with E-state index in [1.165, 1.54) is 0 Å². The maximum absolute atomic E-state index is 5.56. The molecule has 1 aliphatic rings. The summed E-state index contributed by atoms with van der Waals surface area (Å²) < 4.78 is 15.9. The van der Waals surface area contributed by atoms with Crippen molar-refractivity contribution < 1.29 is 14.2 Å². The van der Waals surface area contributed by atoms with Gasteiger partial charge in [-0.3, -0.25) is 0 Å². The predicted molar refractivity (Wildman–Crippen MR) is 61.1 cm³/mol. The predicted octanol–water partition coefficient (Wildman–Crippen LogP) is 1.40. The van der Waals surface area contributed by atoms with E-state index in [4.69, 9.17) is 19.9 Å². The average Bonchev–Trinajstić information content (AvgIpc) is 2.94. The van der Waals surface area contributed by atoms with Gasteiger partial charge in [0, 0.05) is 11.6 Å². The first-order chi connectivity index (χ1) is 8.28. The van der Waals surface area contributed by atoms with Gasteiger partial charge in [0.2, 0.25) is 6.79 Å². The van der Waals surface area contributed by atoms with Crippen molar-refractivity contribution in [3.8, 4) is 28.5 Å². The fraction of sp³-hybridized carbons (Fsp3) is 0.182. The first kappa shape index (κ1) is 9.83. The third-order valence-corrected chi connectivity index (χ3v) is 2.58. The summed E-state index contributed by atoms with van der Waals surface area (Å²) in [5.74, 6) is 2.41. The summed E-state index contributed by atoms with van der Waals surface area (Å²) in [4.78, 5) is 6.91. The van der Waals surface area contributed by atoms with Crippen molar-refractivity contribution in [1.82, 2.24) is 9.97 Å². The molecule has 2 heterocycles. The lowest BCUT2D eigenvalue weighted by Gasteiger charge is -2.08. The number of nitrogens with zero attached hydrogens (tertiary/aromatic N) is 1. The number of nitrogens with two attached hydrogens (primary N) is 1. The number of methoxy groups -OCH3 is 1. The van der Waals surface area contributed by atoms with Gasteiger partial charge in [0.15, 0.2) is 17.4 Å². The van der Waals surface area contributed by atoms with Gasteiger partial charge < -0.3 is 24.9 Å². The number of nitrogen functional groups attached to an aromatic ring is 1. The molecule has 88 valence electrons. The molecule has 0 aliphatic carbocycles. The molecule has 1 aromatic heterocycles. The molecule has 3 N–H and O–H groups in total. The number of aromatic amines is 1. The molecule has 0 amide bonds. The Labute approximate surface area is 97.3 Å². The lowest BCUT2D eigenvalue weighted by molar-refractivity contribution is 0.174. The van der Waals surface area contributed by atoms with E-state index in [0.29, 0.717) is 23.2 Å². The van der Waals surface area contributed by atoms with Crippen LogP contribution >= 0.6 is 0 Å². The second-order valence-corrected chi connectivity index (χ2v) is 3.59. The highest BCUT2D eigenvalue weighted by Crippen LogP contribution is 2.41. The number of imidazole rings is 1. The Hall–Kier alpha value is -2.37. The Morgan fingerprint density at radius 3 is 2.76 bits per heavy atom. The Kier molecular flexibility index (Phi) is 2.07. The van der Waals surface area contributed by atoms with E-state index in [9.17, 15) is 0 Å². The van der Waals surface area contributed by atoms with Crippen molar-refractivity contribution in [3.05, 3.63) is 18.3 Å². The molecular weight excluding hydrogens is 222 g/mol. The van der Waals surface area contributed by atoms with Gasteiger partial charge in [0.25, 0.3) is 0 Å². The molecular formula is C11H11N3O3. The molecule has 1 aliphatic heterocycles. The van der Waals surface area contributed by atoms with Gasteiger partial charge in [0.05, 0.1) is 19.0 Å². The number of nitrogens with one attached hydrogen (secondary N) is 1. The standard InChI is InChI=1S/C11H11N3O3/c1-15-8-3-10-9(16-5-17-10)2-6(8)7-4-13-11(12)14-7/h2-4H,5H2,1H3,(H3,12,13,14). The van der Waals surface area contributed by atoms with Gasteiger partial charge >= 0.3 is 0 Å². The summed E-state index contributed by atoms with van der Waals surface area (Å²) in [7, 11) is 1.60. The molecule has 2 aromatic rings. The fourth-order valence-electron chi connectivity index (χ4n) is 1.78. The highest BCUT2D eigenvalue weighted by Gasteiger charge is 2.19.